The minimum absolute atomic E-state index is 0.201. The molecule has 1 amide bonds. The number of rotatable bonds is 8. The van der Waals surface area contributed by atoms with Crippen LogP contribution in [0.1, 0.15) is 27.0 Å². The Morgan fingerprint density at radius 1 is 0.848 bits per heavy atom. The molecule has 1 aliphatic rings. The molecule has 0 saturated carbocycles. The molecule has 33 heavy (non-hydrogen) atoms. The molecule has 1 heterocycles. The summed E-state index contributed by atoms with van der Waals surface area (Å²) in [6.45, 7) is 6.19. The Hall–Kier alpha value is -2.93. The molecule has 3 aromatic carbocycles. The highest BCUT2D eigenvalue weighted by Gasteiger charge is 2.17. The zero-order chi connectivity index (χ0) is 22.9. The van der Waals surface area contributed by atoms with E-state index in [-0.39, 0.29) is 5.91 Å². The van der Waals surface area contributed by atoms with Gasteiger partial charge in [0.1, 0.15) is 0 Å². The number of thioether (sulfide) groups is 1. The molecule has 0 spiro atoms. The summed E-state index contributed by atoms with van der Waals surface area (Å²) in [6, 6.07) is 26.5. The normalized spacial score (nSPS) is 15.1. The highest BCUT2D eigenvalue weighted by Crippen LogP contribution is 2.14. The zero-order valence-corrected chi connectivity index (χ0v) is 19.8. The first kappa shape index (κ1) is 23.2. The van der Waals surface area contributed by atoms with E-state index in [9.17, 15) is 4.79 Å². The van der Waals surface area contributed by atoms with E-state index < -0.39 is 0 Å². The van der Waals surface area contributed by atoms with Crippen molar-refractivity contribution in [3.63, 3.8) is 0 Å². The monoisotopic (exact) mass is 458 g/mol. The van der Waals surface area contributed by atoms with Crippen molar-refractivity contribution in [1.82, 2.24) is 15.2 Å². The molecular formula is C27H30N4OS. The predicted octanol–water partition coefficient (Wildman–Crippen LogP) is 4.49. The van der Waals surface area contributed by atoms with E-state index in [1.165, 1.54) is 16.0 Å². The third-order valence-corrected chi connectivity index (χ3v) is 6.58. The van der Waals surface area contributed by atoms with Gasteiger partial charge < -0.3 is 0 Å². The number of hydrazone groups is 1. The van der Waals surface area contributed by atoms with E-state index in [1.54, 1.807) is 18.0 Å². The quantitative estimate of drug-likeness (QED) is 0.307. The van der Waals surface area contributed by atoms with E-state index in [4.69, 9.17) is 0 Å². The van der Waals surface area contributed by atoms with Crippen LogP contribution in [0, 0.1) is 0 Å². The van der Waals surface area contributed by atoms with Crippen LogP contribution < -0.4 is 5.43 Å². The van der Waals surface area contributed by atoms with Crippen molar-refractivity contribution in [2.24, 2.45) is 5.10 Å². The maximum absolute atomic E-state index is 12.4. The molecule has 0 aromatic heterocycles. The molecule has 0 bridgehead atoms. The van der Waals surface area contributed by atoms with Crippen LogP contribution in [0.25, 0.3) is 0 Å². The number of benzene rings is 3. The van der Waals surface area contributed by atoms with E-state index in [0.717, 1.165) is 44.8 Å². The Morgan fingerprint density at radius 2 is 1.42 bits per heavy atom. The molecule has 4 rings (SSSR count). The number of hydrogen-bond acceptors (Lipinski definition) is 5. The van der Waals surface area contributed by atoms with Gasteiger partial charge in [-0.05, 0) is 47.2 Å². The lowest BCUT2D eigenvalue weighted by Gasteiger charge is -2.34. The van der Waals surface area contributed by atoms with Crippen molar-refractivity contribution < 1.29 is 4.79 Å². The summed E-state index contributed by atoms with van der Waals surface area (Å²) in [5.41, 5.74) is 6.77. The smallest absolute Gasteiger partial charge is 0.271 e. The lowest BCUT2D eigenvalue weighted by atomic mass is 10.1. The van der Waals surface area contributed by atoms with Gasteiger partial charge in [0.15, 0.2) is 0 Å². The Labute approximate surface area is 200 Å². The average molecular weight is 459 g/mol. The molecule has 0 radical (unpaired) electrons. The van der Waals surface area contributed by atoms with Gasteiger partial charge in [-0.25, -0.2) is 5.43 Å². The largest absolute Gasteiger partial charge is 0.297 e. The fraction of sp³-hybridized carbons (Fsp3) is 0.259. The third kappa shape index (κ3) is 7.02. The molecule has 1 saturated heterocycles. The number of piperazine rings is 1. The molecule has 0 atom stereocenters. The van der Waals surface area contributed by atoms with Crippen molar-refractivity contribution >= 4 is 23.9 Å². The number of hydrogen-bond donors (Lipinski definition) is 1. The van der Waals surface area contributed by atoms with Crippen molar-refractivity contribution in [2.45, 2.75) is 18.0 Å². The second kappa shape index (κ2) is 11.8. The molecule has 3 aromatic rings. The molecule has 1 fully saturated rings. The van der Waals surface area contributed by atoms with Crippen molar-refractivity contribution in [2.75, 3.05) is 32.4 Å². The maximum Gasteiger partial charge on any atom is 0.271 e. The van der Waals surface area contributed by atoms with Crippen molar-refractivity contribution in [3.05, 3.63) is 101 Å². The van der Waals surface area contributed by atoms with Crippen LogP contribution in [0.2, 0.25) is 0 Å². The lowest BCUT2D eigenvalue weighted by molar-refractivity contribution is 0.0955. The van der Waals surface area contributed by atoms with Gasteiger partial charge in [-0.15, -0.1) is 11.8 Å². The van der Waals surface area contributed by atoms with Gasteiger partial charge in [0, 0.05) is 49.7 Å². The van der Waals surface area contributed by atoms with Crippen molar-refractivity contribution in [1.29, 1.82) is 0 Å². The van der Waals surface area contributed by atoms with E-state index in [0.29, 0.717) is 5.56 Å². The average Bonchev–Trinajstić information content (AvgIpc) is 2.87. The fourth-order valence-electron chi connectivity index (χ4n) is 3.89. The van der Waals surface area contributed by atoms with Gasteiger partial charge >= 0.3 is 0 Å². The first-order valence-corrected chi connectivity index (χ1v) is 12.5. The first-order chi connectivity index (χ1) is 16.2. The standard InChI is InChI=1S/C27H30N4OS/c1-33-26-13-9-22(10-14-26)19-28-29-27(32)25-11-7-24(8-12-25)21-31-17-15-30(16-18-31)20-23-5-3-2-4-6-23/h2-14,19H,15-18,20-21H2,1H3,(H,29,32)/b28-19-. The summed E-state index contributed by atoms with van der Waals surface area (Å²) in [5.74, 6) is -0.201. The SMILES string of the molecule is CSc1ccc(/C=N\NC(=O)c2ccc(CN3CCN(Cc4ccccc4)CC3)cc2)cc1. The lowest BCUT2D eigenvalue weighted by Crippen LogP contribution is -2.45. The van der Waals surface area contributed by atoms with Gasteiger partial charge in [0.25, 0.3) is 5.91 Å². The van der Waals surface area contributed by atoms with Crippen LogP contribution in [-0.4, -0.2) is 54.4 Å². The highest BCUT2D eigenvalue weighted by atomic mass is 32.2. The Bertz CT molecular complexity index is 1040. The summed E-state index contributed by atoms with van der Waals surface area (Å²) in [4.78, 5) is 18.6. The minimum Gasteiger partial charge on any atom is -0.297 e. The third-order valence-electron chi connectivity index (χ3n) is 5.83. The molecule has 170 valence electrons. The summed E-state index contributed by atoms with van der Waals surface area (Å²) in [7, 11) is 0. The summed E-state index contributed by atoms with van der Waals surface area (Å²) in [5, 5.41) is 4.08. The molecule has 0 unspecified atom stereocenters. The fourth-order valence-corrected chi connectivity index (χ4v) is 4.30. The van der Waals surface area contributed by atoms with E-state index >= 15 is 0 Å². The Morgan fingerprint density at radius 3 is 2.00 bits per heavy atom. The molecule has 0 aliphatic carbocycles. The number of carbonyl (C=O) groups excluding carboxylic acids is 1. The van der Waals surface area contributed by atoms with Crippen LogP contribution in [0.4, 0.5) is 0 Å². The second-order valence-electron chi connectivity index (χ2n) is 8.21. The van der Waals surface area contributed by atoms with Crippen LogP contribution >= 0.6 is 11.8 Å². The van der Waals surface area contributed by atoms with Crippen LogP contribution in [-0.2, 0) is 13.1 Å². The van der Waals surface area contributed by atoms with E-state index in [2.05, 4.69) is 50.7 Å². The van der Waals surface area contributed by atoms with Gasteiger partial charge in [0.2, 0.25) is 0 Å². The van der Waals surface area contributed by atoms with Gasteiger partial charge in [-0.2, -0.15) is 5.10 Å². The molecule has 1 N–H and O–H groups in total. The van der Waals surface area contributed by atoms with Crippen molar-refractivity contribution in [3.8, 4) is 0 Å². The highest BCUT2D eigenvalue weighted by molar-refractivity contribution is 7.98. The molecule has 1 aliphatic heterocycles. The summed E-state index contributed by atoms with van der Waals surface area (Å²) in [6.07, 6.45) is 3.70. The number of amides is 1. The van der Waals surface area contributed by atoms with Crippen LogP contribution in [0.5, 0.6) is 0 Å². The number of nitrogens with one attached hydrogen (secondary N) is 1. The van der Waals surface area contributed by atoms with Gasteiger partial charge in [-0.1, -0.05) is 54.6 Å². The second-order valence-corrected chi connectivity index (χ2v) is 9.09. The van der Waals surface area contributed by atoms with Crippen LogP contribution in [0.15, 0.2) is 88.9 Å². The first-order valence-electron chi connectivity index (χ1n) is 11.2. The number of carbonyl (C=O) groups is 1. The Kier molecular flexibility index (Phi) is 8.30. The zero-order valence-electron chi connectivity index (χ0n) is 19.0. The van der Waals surface area contributed by atoms with Gasteiger partial charge in [-0.3, -0.25) is 14.6 Å². The molecule has 6 heteroatoms. The maximum atomic E-state index is 12.4. The Balaban J connectivity index is 1.22. The number of nitrogens with zero attached hydrogens (tertiary/aromatic N) is 3. The summed E-state index contributed by atoms with van der Waals surface area (Å²) >= 11 is 1.70. The molecular weight excluding hydrogens is 428 g/mol. The summed E-state index contributed by atoms with van der Waals surface area (Å²) < 4.78 is 0. The van der Waals surface area contributed by atoms with Gasteiger partial charge in [0.05, 0.1) is 6.21 Å². The van der Waals surface area contributed by atoms with Crippen LogP contribution in [0.3, 0.4) is 0 Å². The topological polar surface area (TPSA) is 47.9 Å². The predicted molar refractivity (Wildman–Crippen MR) is 137 cm³/mol. The molecule has 5 nitrogen and oxygen atoms in total. The minimum atomic E-state index is -0.201. The van der Waals surface area contributed by atoms with E-state index in [1.807, 2.05) is 54.8 Å².